The number of nitrogens with one attached hydrogen (secondary N) is 1. The molecular weight excluding hydrogens is 246 g/mol. The van der Waals surface area contributed by atoms with E-state index in [0.29, 0.717) is 0 Å². The van der Waals surface area contributed by atoms with Crippen LogP contribution in [0, 0.1) is 24.0 Å². The highest BCUT2D eigenvalue weighted by molar-refractivity contribution is 5.34. The van der Waals surface area contributed by atoms with Gasteiger partial charge in [-0.05, 0) is 25.5 Å². The van der Waals surface area contributed by atoms with Gasteiger partial charge in [0.2, 0.25) is 0 Å². The molecule has 3 N–H and O–H groups in total. The lowest BCUT2D eigenvalue weighted by Crippen LogP contribution is -2.13. The van der Waals surface area contributed by atoms with Gasteiger partial charge in [-0.1, -0.05) is 12.1 Å². The van der Waals surface area contributed by atoms with Crippen LogP contribution < -0.4 is 15.8 Å². The first-order valence-electron chi connectivity index (χ1n) is 5.56. The Morgan fingerprint density at radius 3 is 2.16 bits per heavy atom. The van der Waals surface area contributed by atoms with Crippen molar-refractivity contribution < 1.29 is 15.0 Å². The van der Waals surface area contributed by atoms with E-state index in [4.69, 9.17) is 5.73 Å². The SMILES string of the molecule is Cc1cc(C)[nH+]c(N)c1.O=[N+]([O-])c1ccc([O-])cc1. The van der Waals surface area contributed by atoms with Gasteiger partial charge in [-0.25, -0.2) is 4.98 Å². The minimum absolute atomic E-state index is 0.0559. The summed E-state index contributed by atoms with van der Waals surface area (Å²) < 4.78 is 0. The van der Waals surface area contributed by atoms with Gasteiger partial charge < -0.3 is 5.11 Å². The van der Waals surface area contributed by atoms with Crippen LogP contribution in [0.25, 0.3) is 0 Å². The van der Waals surface area contributed by atoms with Crippen LogP contribution in [0.2, 0.25) is 0 Å². The minimum atomic E-state index is -0.542. The number of hydrogen-bond acceptors (Lipinski definition) is 4. The maximum absolute atomic E-state index is 10.4. The van der Waals surface area contributed by atoms with Gasteiger partial charge in [0.15, 0.2) is 0 Å². The largest absolute Gasteiger partial charge is 0.872 e. The molecule has 0 fully saturated rings. The van der Waals surface area contributed by atoms with Gasteiger partial charge in [0.05, 0.1) is 10.6 Å². The molecule has 0 aliphatic carbocycles. The predicted octanol–water partition coefficient (Wildman–Crippen LogP) is 1.37. The average molecular weight is 261 g/mol. The maximum atomic E-state index is 10.4. The van der Waals surface area contributed by atoms with E-state index in [1.165, 1.54) is 17.7 Å². The summed E-state index contributed by atoms with van der Waals surface area (Å²) in [5, 5.41) is 20.4. The lowest BCUT2D eigenvalue weighted by Gasteiger charge is -2.00. The molecule has 0 aliphatic heterocycles. The topological polar surface area (TPSA) is 106 Å². The fourth-order valence-electron chi connectivity index (χ4n) is 1.50. The number of rotatable bonds is 1. The summed E-state index contributed by atoms with van der Waals surface area (Å²) in [5.41, 5.74) is 7.75. The Morgan fingerprint density at radius 2 is 1.74 bits per heavy atom. The van der Waals surface area contributed by atoms with Crippen molar-refractivity contribution in [2.45, 2.75) is 13.8 Å². The number of H-pyrrole nitrogens is 1. The maximum Gasteiger partial charge on any atom is 0.270 e. The minimum Gasteiger partial charge on any atom is -0.872 e. The molecule has 0 radical (unpaired) electrons. The lowest BCUT2D eigenvalue weighted by molar-refractivity contribution is -0.385. The monoisotopic (exact) mass is 261 g/mol. The van der Waals surface area contributed by atoms with Gasteiger partial charge in [0.1, 0.15) is 0 Å². The number of aromatic amines is 1. The van der Waals surface area contributed by atoms with Crippen molar-refractivity contribution >= 4 is 11.5 Å². The molecule has 0 amide bonds. The Balaban J connectivity index is 0.000000191. The van der Waals surface area contributed by atoms with Crippen LogP contribution in [0.5, 0.6) is 5.75 Å². The molecule has 0 unspecified atom stereocenters. The summed E-state index contributed by atoms with van der Waals surface area (Å²) in [6, 6.07) is 8.66. The van der Waals surface area contributed by atoms with Crippen LogP contribution in [-0.2, 0) is 0 Å². The fourth-order valence-corrected chi connectivity index (χ4v) is 1.50. The highest BCUT2D eigenvalue weighted by Gasteiger charge is 1.99. The first-order valence-corrected chi connectivity index (χ1v) is 5.56. The quantitative estimate of drug-likeness (QED) is 0.617. The van der Waals surface area contributed by atoms with Crippen LogP contribution >= 0.6 is 0 Å². The van der Waals surface area contributed by atoms with E-state index >= 15 is 0 Å². The normalized spacial score (nSPS) is 9.37. The third-order valence-electron chi connectivity index (χ3n) is 2.22. The smallest absolute Gasteiger partial charge is 0.270 e. The molecule has 1 aromatic heterocycles. The molecule has 0 atom stereocenters. The molecule has 0 aliphatic rings. The Hall–Kier alpha value is -2.63. The fraction of sp³-hybridized carbons (Fsp3) is 0.154. The number of nitrogens with two attached hydrogens (primary N) is 1. The summed E-state index contributed by atoms with van der Waals surface area (Å²) in [5.74, 6) is 0.512. The summed E-state index contributed by atoms with van der Waals surface area (Å²) in [4.78, 5) is 12.5. The van der Waals surface area contributed by atoms with Crippen molar-refractivity contribution in [3.63, 3.8) is 0 Å². The number of nitrogen functional groups attached to an aromatic ring is 1. The molecule has 0 saturated heterocycles. The zero-order valence-corrected chi connectivity index (χ0v) is 10.7. The van der Waals surface area contributed by atoms with Gasteiger partial charge in [0, 0.05) is 18.2 Å². The molecule has 100 valence electrons. The number of pyridine rings is 1. The highest BCUT2D eigenvalue weighted by Crippen LogP contribution is 2.12. The zero-order chi connectivity index (χ0) is 14.4. The second-order valence-corrected chi connectivity index (χ2v) is 4.05. The molecule has 0 bridgehead atoms. The van der Waals surface area contributed by atoms with Crippen molar-refractivity contribution in [2.24, 2.45) is 0 Å². The van der Waals surface area contributed by atoms with E-state index in [2.05, 4.69) is 11.1 Å². The summed E-state index contributed by atoms with van der Waals surface area (Å²) >= 11 is 0. The van der Waals surface area contributed by atoms with Gasteiger partial charge in [-0.15, -0.1) is 5.75 Å². The zero-order valence-electron chi connectivity index (χ0n) is 10.7. The lowest BCUT2D eigenvalue weighted by atomic mass is 10.2. The van der Waals surface area contributed by atoms with Crippen molar-refractivity contribution in [1.82, 2.24) is 0 Å². The molecule has 6 heteroatoms. The molecule has 1 heterocycles. The third kappa shape index (κ3) is 5.03. The molecule has 1 aromatic carbocycles. The third-order valence-corrected chi connectivity index (χ3v) is 2.22. The standard InChI is InChI=1S/C7H10N2.C6H5NO3/c1-5-3-6(2)9-7(8)4-5;8-6-3-1-5(2-4-6)7(9)10/h3-4H,1-2H3,(H2,8,9);1-4,8H. The van der Waals surface area contributed by atoms with Crippen LogP contribution in [-0.4, -0.2) is 4.92 Å². The number of nitro benzene ring substituents is 1. The number of aromatic nitrogens is 1. The summed E-state index contributed by atoms with van der Waals surface area (Å²) in [7, 11) is 0. The molecule has 6 nitrogen and oxygen atoms in total. The predicted molar refractivity (Wildman–Crippen MR) is 69.4 cm³/mol. The Morgan fingerprint density at radius 1 is 1.16 bits per heavy atom. The first-order chi connectivity index (χ1) is 8.88. The van der Waals surface area contributed by atoms with E-state index in [9.17, 15) is 15.2 Å². The Labute approximate surface area is 110 Å². The van der Waals surface area contributed by atoms with Crippen LogP contribution in [0.1, 0.15) is 11.3 Å². The number of nitro groups is 1. The molecule has 2 aromatic rings. The second-order valence-electron chi connectivity index (χ2n) is 4.05. The van der Waals surface area contributed by atoms with Gasteiger partial charge in [-0.3, -0.25) is 15.8 Å². The highest BCUT2D eigenvalue weighted by atomic mass is 16.6. The molecular formula is C13H15N3O3. The van der Waals surface area contributed by atoms with E-state index in [0.717, 1.165) is 23.6 Å². The molecule has 0 spiro atoms. The van der Waals surface area contributed by atoms with Gasteiger partial charge >= 0.3 is 0 Å². The number of anilines is 1. The molecule has 2 rings (SSSR count). The van der Waals surface area contributed by atoms with E-state index in [-0.39, 0.29) is 11.4 Å². The number of hydrogen-bond donors (Lipinski definition) is 1. The van der Waals surface area contributed by atoms with Gasteiger partial charge in [-0.2, -0.15) is 0 Å². The average Bonchev–Trinajstić information content (AvgIpc) is 2.28. The first kappa shape index (κ1) is 14.4. The number of non-ortho nitro benzene ring substituents is 1. The Bertz CT molecular complexity index is 517. The summed E-state index contributed by atoms with van der Waals surface area (Å²) in [6.07, 6.45) is 0. The van der Waals surface area contributed by atoms with Crippen molar-refractivity contribution in [3.8, 4) is 5.75 Å². The summed E-state index contributed by atoms with van der Waals surface area (Å²) in [6.45, 7) is 4.01. The number of benzene rings is 1. The molecule has 19 heavy (non-hydrogen) atoms. The second kappa shape index (κ2) is 6.34. The number of nitrogens with zero attached hydrogens (tertiary/aromatic N) is 1. The Kier molecular flexibility index (Phi) is 4.82. The van der Waals surface area contributed by atoms with Crippen LogP contribution in [0.15, 0.2) is 36.4 Å². The van der Waals surface area contributed by atoms with Crippen molar-refractivity contribution in [2.75, 3.05) is 5.73 Å². The van der Waals surface area contributed by atoms with Gasteiger partial charge in [0.25, 0.3) is 11.5 Å². The van der Waals surface area contributed by atoms with Crippen molar-refractivity contribution in [1.29, 1.82) is 0 Å². The van der Waals surface area contributed by atoms with E-state index in [1.807, 2.05) is 19.9 Å². The van der Waals surface area contributed by atoms with E-state index in [1.54, 1.807) is 0 Å². The van der Waals surface area contributed by atoms with E-state index < -0.39 is 4.92 Å². The molecule has 0 saturated carbocycles. The van der Waals surface area contributed by atoms with Crippen LogP contribution in [0.3, 0.4) is 0 Å². The number of aryl methyl sites for hydroxylation is 2. The van der Waals surface area contributed by atoms with Crippen molar-refractivity contribution in [3.05, 3.63) is 57.8 Å². The van der Waals surface area contributed by atoms with Crippen LogP contribution in [0.4, 0.5) is 11.5 Å².